The summed E-state index contributed by atoms with van der Waals surface area (Å²) in [6.07, 6.45) is 5.42. The zero-order valence-electron chi connectivity index (χ0n) is 17.1. The molecule has 3 aromatic rings. The molecule has 0 aliphatic carbocycles. The van der Waals surface area contributed by atoms with E-state index in [1.165, 1.54) is 4.31 Å². The van der Waals surface area contributed by atoms with Gasteiger partial charge in [0.1, 0.15) is 5.82 Å². The quantitative estimate of drug-likeness (QED) is 0.534. The Bertz CT molecular complexity index is 1270. The Balaban J connectivity index is 1.61. The van der Waals surface area contributed by atoms with Gasteiger partial charge in [0.2, 0.25) is 10.0 Å². The molecule has 12 heteroatoms. The first-order chi connectivity index (χ1) is 15.2. The number of imidazole rings is 1. The molecular weight excluding hydrogens is 477 g/mol. The number of aromatic nitrogens is 3. The second kappa shape index (κ2) is 8.86. The number of carboxylic acid groups (broad SMARTS) is 1. The van der Waals surface area contributed by atoms with E-state index in [9.17, 15) is 13.2 Å². The molecule has 2 aromatic heterocycles. The Morgan fingerprint density at radius 2 is 2.12 bits per heavy atom. The number of aliphatic carboxylic acids is 1. The van der Waals surface area contributed by atoms with E-state index in [0.717, 1.165) is 11.1 Å². The largest absolute Gasteiger partial charge is 0.481 e. The first-order valence-corrected chi connectivity index (χ1v) is 12.2. The minimum Gasteiger partial charge on any atom is -0.481 e. The predicted molar refractivity (Wildman–Crippen MR) is 123 cm³/mol. The summed E-state index contributed by atoms with van der Waals surface area (Å²) in [5.41, 5.74) is 1.28. The van der Waals surface area contributed by atoms with Crippen LogP contribution in [0.2, 0.25) is 10.0 Å². The van der Waals surface area contributed by atoms with Crippen molar-refractivity contribution >= 4 is 55.9 Å². The number of nitrogens with zero attached hydrogens (tertiary/aromatic N) is 5. The Morgan fingerprint density at radius 1 is 1.34 bits per heavy atom. The van der Waals surface area contributed by atoms with E-state index in [-0.39, 0.29) is 25.4 Å². The molecule has 1 atom stereocenters. The number of anilines is 1. The molecule has 3 heterocycles. The normalized spacial score (nSPS) is 17.2. The van der Waals surface area contributed by atoms with E-state index in [1.54, 1.807) is 36.7 Å². The summed E-state index contributed by atoms with van der Waals surface area (Å²) >= 11 is 12.6. The van der Waals surface area contributed by atoms with Gasteiger partial charge in [-0.2, -0.15) is 0 Å². The number of sulfonamides is 1. The predicted octanol–water partition coefficient (Wildman–Crippen LogP) is 2.90. The van der Waals surface area contributed by atoms with Crippen LogP contribution in [0.3, 0.4) is 0 Å². The van der Waals surface area contributed by atoms with Crippen LogP contribution in [0.4, 0.5) is 5.82 Å². The van der Waals surface area contributed by atoms with Crippen LogP contribution in [0, 0.1) is 5.92 Å². The van der Waals surface area contributed by atoms with Gasteiger partial charge < -0.3 is 14.6 Å². The Morgan fingerprint density at radius 3 is 2.78 bits per heavy atom. The fraction of sp³-hybridized carbons (Fsp3) is 0.350. The summed E-state index contributed by atoms with van der Waals surface area (Å²) in [7, 11) is -1.86. The van der Waals surface area contributed by atoms with Gasteiger partial charge in [-0.25, -0.2) is 22.7 Å². The Kier molecular flexibility index (Phi) is 6.30. The lowest BCUT2D eigenvalue weighted by molar-refractivity contribution is -0.141. The number of hydrogen-bond acceptors (Lipinski definition) is 6. The summed E-state index contributed by atoms with van der Waals surface area (Å²) in [6, 6.07) is 5.36. The van der Waals surface area contributed by atoms with Crippen molar-refractivity contribution in [1.29, 1.82) is 0 Å². The van der Waals surface area contributed by atoms with Gasteiger partial charge in [0.25, 0.3) is 0 Å². The first kappa shape index (κ1) is 22.8. The van der Waals surface area contributed by atoms with Gasteiger partial charge in [-0.1, -0.05) is 23.2 Å². The highest BCUT2D eigenvalue weighted by atomic mass is 35.5. The maximum atomic E-state index is 12.7. The molecule has 1 aliphatic rings. The zero-order valence-corrected chi connectivity index (χ0v) is 19.5. The van der Waals surface area contributed by atoms with Gasteiger partial charge in [0.15, 0.2) is 0 Å². The van der Waals surface area contributed by atoms with Crippen LogP contribution in [0.5, 0.6) is 0 Å². The van der Waals surface area contributed by atoms with Crippen LogP contribution in [-0.2, 0) is 14.8 Å². The average molecular weight is 498 g/mol. The first-order valence-electron chi connectivity index (χ1n) is 9.86. The number of carbonyl (C=O) groups is 1. The number of benzene rings is 1. The van der Waals surface area contributed by atoms with Gasteiger partial charge in [0, 0.05) is 50.5 Å². The maximum absolute atomic E-state index is 12.7. The van der Waals surface area contributed by atoms with Crippen LogP contribution < -0.4 is 4.90 Å². The molecule has 0 saturated carbocycles. The topological polar surface area (TPSA) is 109 Å². The average Bonchev–Trinajstić information content (AvgIpc) is 3.47. The van der Waals surface area contributed by atoms with Crippen molar-refractivity contribution in [3.05, 3.63) is 47.0 Å². The van der Waals surface area contributed by atoms with Crippen LogP contribution in [0.1, 0.15) is 6.42 Å². The van der Waals surface area contributed by atoms with Gasteiger partial charge >= 0.3 is 5.97 Å². The van der Waals surface area contributed by atoms with Gasteiger partial charge in [0.05, 0.1) is 39.2 Å². The molecule has 0 amide bonds. The van der Waals surface area contributed by atoms with Crippen molar-refractivity contribution in [2.24, 2.45) is 5.92 Å². The molecule has 1 N–H and O–H groups in total. The summed E-state index contributed by atoms with van der Waals surface area (Å²) in [5, 5.41) is 10.6. The number of fused-ring (bicyclic) bond motifs is 1. The highest BCUT2D eigenvalue weighted by Gasteiger charge is 2.34. The molecule has 170 valence electrons. The third kappa shape index (κ3) is 4.40. The molecule has 1 unspecified atom stereocenters. The Labute approximate surface area is 195 Å². The molecule has 1 aliphatic heterocycles. The van der Waals surface area contributed by atoms with Crippen LogP contribution in [-0.4, -0.2) is 70.8 Å². The monoisotopic (exact) mass is 497 g/mol. The standard InChI is InChI=1S/C20H21Cl2N5O4S/c1-25(8-9-32(30,31)27-6-4-13(11-27)20(28)29)17-10-16(26-7-5-23-12-26)14-2-3-15(21)18(22)19(14)24-17/h2-3,5,7,10,12-13H,4,6,8-9,11H2,1H3,(H,28,29). The molecule has 9 nitrogen and oxygen atoms in total. The number of rotatable bonds is 7. The highest BCUT2D eigenvalue weighted by Crippen LogP contribution is 2.34. The third-order valence-electron chi connectivity index (χ3n) is 5.59. The van der Waals surface area contributed by atoms with Crippen molar-refractivity contribution in [1.82, 2.24) is 18.8 Å². The minimum atomic E-state index is -3.60. The number of pyridine rings is 1. The van der Waals surface area contributed by atoms with Gasteiger partial charge in [-0.3, -0.25) is 4.79 Å². The molecule has 4 rings (SSSR count). The van der Waals surface area contributed by atoms with Crippen molar-refractivity contribution in [2.45, 2.75) is 6.42 Å². The van der Waals surface area contributed by atoms with E-state index in [4.69, 9.17) is 28.3 Å². The summed E-state index contributed by atoms with van der Waals surface area (Å²) in [6.45, 7) is 0.390. The van der Waals surface area contributed by atoms with E-state index < -0.39 is 21.9 Å². The fourth-order valence-electron chi connectivity index (χ4n) is 3.69. The van der Waals surface area contributed by atoms with Crippen LogP contribution in [0.25, 0.3) is 16.6 Å². The number of hydrogen-bond donors (Lipinski definition) is 1. The summed E-state index contributed by atoms with van der Waals surface area (Å²) < 4.78 is 28.5. The van der Waals surface area contributed by atoms with E-state index in [2.05, 4.69) is 9.97 Å². The molecule has 1 aromatic carbocycles. The summed E-state index contributed by atoms with van der Waals surface area (Å²) in [5.74, 6) is -1.28. The number of carboxylic acids is 1. The molecule has 0 bridgehead atoms. The molecule has 32 heavy (non-hydrogen) atoms. The molecule has 1 saturated heterocycles. The Hall–Kier alpha value is -2.40. The lowest BCUT2D eigenvalue weighted by Gasteiger charge is -2.22. The van der Waals surface area contributed by atoms with Gasteiger partial charge in [-0.15, -0.1) is 0 Å². The van der Waals surface area contributed by atoms with Crippen molar-refractivity contribution in [3.8, 4) is 5.69 Å². The molecule has 0 radical (unpaired) electrons. The fourth-order valence-corrected chi connectivity index (χ4v) is 5.60. The zero-order chi connectivity index (χ0) is 23.0. The minimum absolute atomic E-state index is 0.00842. The van der Waals surface area contributed by atoms with E-state index >= 15 is 0 Å². The second-order valence-corrected chi connectivity index (χ2v) is 10.5. The molecular formula is C20H21Cl2N5O4S. The second-order valence-electron chi connectivity index (χ2n) is 7.65. The molecule has 0 spiro atoms. The van der Waals surface area contributed by atoms with E-state index in [0.29, 0.717) is 27.8 Å². The maximum Gasteiger partial charge on any atom is 0.307 e. The van der Waals surface area contributed by atoms with Crippen molar-refractivity contribution in [3.63, 3.8) is 0 Å². The molecule has 1 fully saturated rings. The smallest absolute Gasteiger partial charge is 0.307 e. The summed E-state index contributed by atoms with van der Waals surface area (Å²) in [4.78, 5) is 21.6. The van der Waals surface area contributed by atoms with Gasteiger partial charge in [-0.05, 0) is 18.6 Å². The van der Waals surface area contributed by atoms with E-state index in [1.807, 2.05) is 16.7 Å². The highest BCUT2D eigenvalue weighted by molar-refractivity contribution is 7.89. The lowest BCUT2D eigenvalue weighted by atomic mass is 10.1. The van der Waals surface area contributed by atoms with Crippen molar-refractivity contribution < 1.29 is 18.3 Å². The van der Waals surface area contributed by atoms with Crippen LogP contribution >= 0.6 is 23.2 Å². The lowest BCUT2D eigenvalue weighted by Crippen LogP contribution is -2.36. The third-order valence-corrected chi connectivity index (χ3v) is 8.20. The van der Waals surface area contributed by atoms with Crippen molar-refractivity contribution in [2.75, 3.05) is 37.3 Å². The van der Waals surface area contributed by atoms with Crippen LogP contribution in [0.15, 0.2) is 36.9 Å². The number of halogens is 2. The SMILES string of the molecule is CN(CCS(=O)(=O)N1CCC(C(=O)O)C1)c1cc(-n2ccnc2)c2ccc(Cl)c(Cl)c2n1.